The zero-order valence-corrected chi connectivity index (χ0v) is 18.3. The number of hydrogen-bond acceptors (Lipinski definition) is 6. The molecule has 0 aromatic heterocycles. The predicted octanol–water partition coefficient (Wildman–Crippen LogP) is 2.65. The number of imide groups is 1. The minimum atomic E-state index is -4.67. The number of alkyl halides is 3. The first-order valence-corrected chi connectivity index (χ1v) is 10.8. The van der Waals surface area contributed by atoms with E-state index in [-0.39, 0.29) is 16.1 Å². The molecule has 0 aliphatic rings. The van der Waals surface area contributed by atoms with Gasteiger partial charge in [0.05, 0.1) is 16.1 Å². The smallest absolute Gasteiger partial charge is 0.405 e. The monoisotopic (exact) mass is 487 g/mol. The van der Waals surface area contributed by atoms with Crippen LogP contribution in [0.1, 0.15) is 21.5 Å². The van der Waals surface area contributed by atoms with Crippen LogP contribution in [0.2, 0.25) is 0 Å². The number of amides is 3. The van der Waals surface area contributed by atoms with Crippen molar-refractivity contribution in [1.29, 1.82) is 0 Å². The van der Waals surface area contributed by atoms with Crippen LogP contribution >= 0.6 is 0 Å². The van der Waals surface area contributed by atoms with E-state index in [4.69, 9.17) is 4.74 Å². The van der Waals surface area contributed by atoms with E-state index in [9.17, 15) is 36.0 Å². The summed E-state index contributed by atoms with van der Waals surface area (Å²) in [6, 6.07) is 8.87. The molecule has 0 fully saturated rings. The van der Waals surface area contributed by atoms with Gasteiger partial charge >= 0.3 is 18.2 Å². The van der Waals surface area contributed by atoms with E-state index >= 15 is 0 Å². The summed E-state index contributed by atoms with van der Waals surface area (Å²) < 4.78 is 68.9. The third-order valence-electron chi connectivity index (χ3n) is 4.06. The summed E-state index contributed by atoms with van der Waals surface area (Å²) in [4.78, 5) is 35.3. The molecule has 3 N–H and O–H groups in total. The summed E-state index contributed by atoms with van der Waals surface area (Å²) >= 11 is 0. The van der Waals surface area contributed by atoms with E-state index in [1.165, 1.54) is 35.6 Å². The molecule has 2 rings (SSSR count). The number of anilines is 1. The molecular formula is C20H20F3N3O6S. The zero-order chi connectivity index (χ0) is 24.8. The molecule has 0 atom stereocenters. The van der Waals surface area contributed by atoms with Gasteiger partial charge in [0, 0.05) is 0 Å². The molecule has 13 heteroatoms. The first-order chi connectivity index (χ1) is 15.3. The van der Waals surface area contributed by atoms with Crippen LogP contribution in [-0.2, 0) is 19.6 Å². The van der Waals surface area contributed by atoms with Crippen LogP contribution < -0.4 is 15.4 Å². The average Bonchev–Trinajstić information content (AvgIpc) is 2.72. The Hall–Kier alpha value is -3.61. The first kappa shape index (κ1) is 25.6. The molecule has 2 aromatic rings. The van der Waals surface area contributed by atoms with Crippen LogP contribution in [0, 0.1) is 13.8 Å². The van der Waals surface area contributed by atoms with Gasteiger partial charge in [0.15, 0.2) is 6.61 Å². The van der Waals surface area contributed by atoms with Gasteiger partial charge in [-0.2, -0.15) is 13.2 Å². The van der Waals surface area contributed by atoms with Crippen molar-refractivity contribution in [3.63, 3.8) is 0 Å². The van der Waals surface area contributed by atoms with Gasteiger partial charge in [-0.05, 0) is 43.2 Å². The highest BCUT2D eigenvalue weighted by atomic mass is 32.2. The van der Waals surface area contributed by atoms with E-state index in [0.29, 0.717) is 11.1 Å². The predicted molar refractivity (Wildman–Crippen MR) is 111 cm³/mol. The molecule has 0 aliphatic heterocycles. The fraction of sp³-hybridized carbons (Fsp3) is 0.250. The highest BCUT2D eigenvalue weighted by molar-refractivity contribution is 7.92. The molecular weight excluding hydrogens is 467 g/mol. The standard InChI is InChI=1S/C20H20F3N3O6S/c1-12-7-8-13(2)16(9-12)33(30,31)26-15-6-4-3-5-14(15)18(28)32-10-17(27)25-19(29)24-11-20(21,22)23/h3-9,26H,10-11H2,1-2H3,(H2,24,25,27,29). The molecule has 33 heavy (non-hydrogen) atoms. The van der Waals surface area contributed by atoms with Gasteiger partial charge in [0.2, 0.25) is 0 Å². The molecule has 3 amide bonds. The van der Waals surface area contributed by atoms with Crippen molar-refractivity contribution < 1.29 is 40.7 Å². The van der Waals surface area contributed by atoms with Gasteiger partial charge in [0.25, 0.3) is 15.9 Å². The number of hydrogen-bond donors (Lipinski definition) is 3. The molecule has 0 saturated carbocycles. The fourth-order valence-corrected chi connectivity index (χ4v) is 3.95. The number of halogens is 3. The number of carbonyl (C=O) groups is 3. The fourth-order valence-electron chi connectivity index (χ4n) is 2.54. The lowest BCUT2D eigenvalue weighted by Gasteiger charge is -2.14. The number of carbonyl (C=O) groups excluding carboxylic acids is 3. The Morgan fingerprint density at radius 2 is 1.70 bits per heavy atom. The number of benzene rings is 2. The number of urea groups is 1. The maximum Gasteiger partial charge on any atom is 0.405 e. The molecule has 2 aromatic carbocycles. The van der Waals surface area contributed by atoms with Crippen LogP contribution in [0.5, 0.6) is 0 Å². The van der Waals surface area contributed by atoms with Gasteiger partial charge in [-0.3, -0.25) is 14.8 Å². The zero-order valence-electron chi connectivity index (χ0n) is 17.4. The summed E-state index contributed by atoms with van der Waals surface area (Å²) in [5.41, 5.74) is 0.847. The number of sulfonamides is 1. The van der Waals surface area contributed by atoms with E-state index in [1.54, 1.807) is 31.3 Å². The maximum atomic E-state index is 12.8. The highest BCUT2D eigenvalue weighted by Gasteiger charge is 2.28. The Kier molecular flexibility index (Phi) is 8.03. The molecule has 0 spiro atoms. The van der Waals surface area contributed by atoms with Gasteiger partial charge in [0.1, 0.15) is 6.54 Å². The number of aryl methyl sites for hydroxylation is 2. The van der Waals surface area contributed by atoms with Crippen molar-refractivity contribution >= 4 is 33.6 Å². The lowest BCUT2D eigenvalue weighted by Crippen LogP contribution is -2.44. The Labute approximate surface area is 187 Å². The van der Waals surface area contributed by atoms with Crippen LogP contribution in [0.15, 0.2) is 47.4 Å². The molecule has 9 nitrogen and oxygen atoms in total. The van der Waals surface area contributed by atoms with Crippen molar-refractivity contribution in [1.82, 2.24) is 10.6 Å². The van der Waals surface area contributed by atoms with Crippen LogP contribution in [-0.4, -0.2) is 45.7 Å². The number of ether oxygens (including phenoxy) is 1. The van der Waals surface area contributed by atoms with Crippen molar-refractivity contribution in [2.75, 3.05) is 17.9 Å². The number of rotatable bonds is 7. The van der Waals surface area contributed by atoms with E-state index < -0.39 is 47.3 Å². The van der Waals surface area contributed by atoms with Gasteiger partial charge in [-0.15, -0.1) is 0 Å². The van der Waals surface area contributed by atoms with Crippen molar-refractivity contribution in [2.24, 2.45) is 0 Å². The number of esters is 1. The van der Waals surface area contributed by atoms with E-state index in [0.717, 1.165) is 0 Å². The molecule has 0 heterocycles. The van der Waals surface area contributed by atoms with Gasteiger partial charge < -0.3 is 10.1 Å². The highest BCUT2D eigenvalue weighted by Crippen LogP contribution is 2.23. The Bertz CT molecular complexity index is 1170. The van der Waals surface area contributed by atoms with Crippen LogP contribution in [0.4, 0.5) is 23.7 Å². The summed E-state index contributed by atoms with van der Waals surface area (Å²) in [5, 5.41) is 2.99. The molecule has 0 unspecified atom stereocenters. The Morgan fingerprint density at radius 1 is 1.03 bits per heavy atom. The third kappa shape index (κ3) is 7.79. The summed E-state index contributed by atoms with van der Waals surface area (Å²) in [5.74, 6) is -2.28. The van der Waals surface area contributed by atoms with E-state index in [1.807, 2.05) is 0 Å². The molecule has 0 aliphatic carbocycles. The number of nitrogens with one attached hydrogen (secondary N) is 3. The molecule has 0 saturated heterocycles. The van der Waals surface area contributed by atoms with Gasteiger partial charge in [-0.1, -0.05) is 24.3 Å². The third-order valence-corrected chi connectivity index (χ3v) is 5.57. The molecule has 0 bridgehead atoms. The van der Waals surface area contributed by atoms with Gasteiger partial charge in [-0.25, -0.2) is 18.0 Å². The normalized spacial score (nSPS) is 11.4. The van der Waals surface area contributed by atoms with Crippen LogP contribution in [0.25, 0.3) is 0 Å². The molecule has 0 radical (unpaired) electrons. The summed E-state index contributed by atoms with van der Waals surface area (Å²) in [7, 11) is -4.07. The second kappa shape index (κ2) is 10.3. The van der Waals surface area contributed by atoms with Crippen LogP contribution in [0.3, 0.4) is 0 Å². The Balaban J connectivity index is 2.06. The largest absolute Gasteiger partial charge is 0.452 e. The summed E-state index contributed by atoms with van der Waals surface area (Å²) in [6.07, 6.45) is -4.67. The minimum Gasteiger partial charge on any atom is -0.452 e. The second-order valence-electron chi connectivity index (χ2n) is 6.84. The number of para-hydroxylation sites is 1. The maximum absolute atomic E-state index is 12.8. The minimum absolute atomic E-state index is 0.00918. The second-order valence-corrected chi connectivity index (χ2v) is 8.49. The average molecular weight is 487 g/mol. The Morgan fingerprint density at radius 3 is 2.36 bits per heavy atom. The van der Waals surface area contributed by atoms with E-state index in [2.05, 4.69) is 4.72 Å². The summed E-state index contributed by atoms with van der Waals surface area (Å²) in [6.45, 7) is 0.687. The lowest BCUT2D eigenvalue weighted by molar-refractivity contribution is -0.125. The molecule has 178 valence electrons. The van der Waals surface area contributed by atoms with Crippen molar-refractivity contribution in [2.45, 2.75) is 24.9 Å². The van der Waals surface area contributed by atoms with Crippen molar-refractivity contribution in [3.05, 3.63) is 59.2 Å². The SMILES string of the molecule is Cc1ccc(C)c(S(=O)(=O)Nc2ccccc2C(=O)OCC(=O)NC(=O)NCC(F)(F)F)c1. The quantitative estimate of drug-likeness (QED) is 0.515. The lowest BCUT2D eigenvalue weighted by atomic mass is 10.2. The first-order valence-electron chi connectivity index (χ1n) is 9.29. The topological polar surface area (TPSA) is 131 Å². The van der Waals surface area contributed by atoms with Crippen molar-refractivity contribution in [3.8, 4) is 0 Å².